The smallest absolute Gasteiger partial charge is 0.274 e. The topological polar surface area (TPSA) is 67.8 Å². The van der Waals surface area contributed by atoms with Crippen LogP contribution in [0.1, 0.15) is 23.3 Å². The van der Waals surface area contributed by atoms with E-state index in [2.05, 4.69) is 14.9 Å². The first-order valence-electron chi connectivity index (χ1n) is 8.12. The third-order valence-corrected chi connectivity index (χ3v) is 4.88. The fourth-order valence-corrected chi connectivity index (χ4v) is 3.47. The van der Waals surface area contributed by atoms with Gasteiger partial charge in [-0.25, -0.2) is 4.98 Å². The molecular weight excluding hydrogens is 296 g/mol. The van der Waals surface area contributed by atoms with Gasteiger partial charge in [-0.2, -0.15) is 0 Å². The van der Waals surface area contributed by atoms with Gasteiger partial charge in [0, 0.05) is 51.2 Å². The Morgan fingerprint density at radius 3 is 2.87 bits per heavy atom. The number of hydrogen-bond donors (Lipinski definition) is 0. The fraction of sp³-hybridized carbons (Fsp3) is 0.688. The van der Waals surface area contributed by atoms with Crippen molar-refractivity contribution >= 4 is 5.91 Å². The van der Waals surface area contributed by atoms with Crippen molar-refractivity contribution in [2.24, 2.45) is 0 Å². The molecule has 0 aromatic carbocycles. The van der Waals surface area contributed by atoms with E-state index < -0.39 is 0 Å². The van der Waals surface area contributed by atoms with E-state index >= 15 is 0 Å². The average Bonchev–Trinajstić information content (AvgIpc) is 2.62. The van der Waals surface area contributed by atoms with Gasteiger partial charge in [0.2, 0.25) is 0 Å². The minimum atomic E-state index is -0.0341. The van der Waals surface area contributed by atoms with E-state index in [0.717, 1.165) is 58.8 Å². The highest BCUT2D eigenvalue weighted by Gasteiger charge is 2.42. The number of carbonyl (C=O) groups is 1. The van der Waals surface area contributed by atoms with Crippen LogP contribution in [0.2, 0.25) is 0 Å². The molecule has 2 aliphatic rings. The maximum atomic E-state index is 12.5. The van der Waals surface area contributed by atoms with Gasteiger partial charge in [-0.3, -0.25) is 14.7 Å². The van der Waals surface area contributed by atoms with Gasteiger partial charge in [-0.05, 0) is 12.8 Å². The summed E-state index contributed by atoms with van der Waals surface area (Å²) < 4.78 is 11.0. The Bertz CT molecular complexity index is 517. The molecule has 7 heteroatoms. The zero-order chi connectivity index (χ0) is 16.1. The molecule has 1 aromatic heterocycles. The van der Waals surface area contributed by atoms with Crippen molar-refractivity contribution in [3.63, 3.8) is 0 Å². The van der Waals surface area contributed by atoms with Crippen molar-refractivity contribution in [3.8, 4) is 0 Å². The third kappa shape index (κ3) is 3.52. The van der Waals surface area contributed by atoms with Gasteiger partial charge in [0.25, 0.3) is 5.91 Å². The molecule has 0 atom stereocenters. The number of carbonyl (C=O) groups excluding carboxylic acids is 1. The Kier molecular flexibility index (Phi) is 5.20. The number of hydrogen-bond acceptors (Lipinski definition) is 6. The van der Waals surface area contributed by atoms with Crippen LogP contribution < -0.4 is 0 Å². The first kappa shape index (κ1) is 16.3. The summed E-state index contributed by atoms with van der Waals surface area (Å²) in [7, 11) is 1.73. The summed E-state index contributed by atoms with van der Waals surface area (Å²) in [6, 6.07) is 0. The lowest BCUT2D eigenvalue weighted by molar-refractivity contribution is -0.0968. The average molecular weight is 320 g/mol. The lowest BCUT2D eigenvalue weighted by atomic mass is 9.85. The summed E-state index contributed by atoms with van der Waals surface area (Å²) in [6.07, 6.45) is 6.50. The number of nitrogens with zero attached hydrogens (tertiary/aromatic N) is 4. The van der Waals surface area contributed by atoms with Gasteiger partial charge in [-0.1, -0.05) is 0 Å². The molecule has 2 saturated heterocycles. The van der Waals surface area contributed by atoms with Crippen molar-refractivity contribution in [3.05, 3.63) is 24.3 Å². The second-order valence-electron chi connectivity index (χ2n) is 6.14. The van der Waals surface area contributed by atoms with E-state index in [9.17, 15) is 4.79 Å². The molecule has 0 saturated carbocycles. The molecule has 3 rings (SSSR count). The fourth-order valence-electron chi connectivity index (χ4n) is 3.47. The molecular formula is C16H24N4O3. The van der Waals surface area contributed by atoms with E-state index in [4.69, 9.17) is 9.47 Å². The molecule has 0 aliphatic carbocycles. The Balaban J connectivity index is 1.63. The summed E-state index contributed by atoms with van der Waals surface area (Å²) in [6.45, 7) is 5.53. The number of aromatic nitrogens is 2. The summed E-state index contributed by atoms with van der Waals surface area (Å²) in [5.74, 6) is -0.0341. The first-order valence-corrected chi connectivity index (χ1v) is 8.12. The van der Waals surface area contributed by atoms with Crippen molar-refractivity contribution in [1.29, 1.82) is 0 Å². The van der Waals surface area contributed by atoms with Crippen LogP contribution in [0, 0.1) is 0 Å². The van der Waals surface area contributed by atoms with Crippen molar-refractivity contribution < 1.29 is 14.3 Å². The molecule has 0 N–H and O–H groups in total. The van der Waals surface area contributed by atoms with Gasteiger partial charge in [-0.15, -0.1) is 0 Å². The Morgan fingerprint density at radius 2 is 2.17 bits per heavy atom. The summed E-state index contributed by atoms with van der Waals surface area (Å²) in [4.78, 5) is 24.9. The van der Waals surface area contributed by atoms with Crippen LogP contribution in [-0.2, 0) is 9.47 Å². The number of ether oxygens (including phenoxy) is 2. The molecule has 3 heterocycles. The molecule has 23 heavy (non-hydrogen) atoms. The number of amides is 1. The number of rotatable bonds is 4. The predicted octanol–water partition coefficient (Wildman–Crippen LogP) is 0.430. The van der Waals surface area contributed by atoms with E-state index in [0.29, 0.717) is 5.69 Å². The van der Waals surface area contributed by atoms with Crippen LogP contribution in [0.5, 0.6) is 0 Å². The highest BCUT2D eigenvalue weighted by molar-refractivity contribution is 5.92. The molecule has 1 spiro atoms. The molecule has 1 amide bonds. The number of morpholine rings is 1. The largest absolute Gasteiger partial charge is 0.383 e. The van der Waals surface area contributed by atoms with Crippen LogP contribution in [0.4, 0.5) is 0 Å². The molecule has 2 aliphatic heterocycles. The zero-order valence-corrected chi connectivity index (χ0v) is 13.6. The standard InChI is InChI=1S/C16H24N4O3/c1-22-10-8-20-9-11-23-13-16(20)2-6-19(7-3-16)15(21)14-12-17-4-5-18-14/h4-5,12H,2-3,6-11,13H2,1H3. The van der Waals surface area contributed by atoms with Crippen LogP contribution >= 0.6 is 0 Å². The normalized spacial score (nSPS) is 21.5. The Labute approximate surface area is 136 Å². The Morgan fingerprint density at radius 1 is 1.35 bits per heavy atom. The molecule has 7 nitrogen and oxygen atoms in total. The van der Waals surface area contributed by atoms with Gasteiger partial charge in [0.15, 0.2) is 0 Å². The van der Waals surface area contributed by atoms with Crippen LogP contribution in [-0.4, -0.2) is 84.3 Å². The van der Waals surface area contributed by atoms with E-state index in [1.54, 1.807) is 19.5 Å². The monoisotopic (exact) mass is 320 g/mol. The highest BCUT2D eigenvalue weighted by Crippen LogP contribution is 2.32. The third-order valence-electron chi connectivity index (χ3n) is 4.88. The van der Waals surface area contributed by atoms with Gasteiger partial charge >= 0.3 is 0 Å². The van der Waals surface area contributed by atoms with Crippen LogP contribution in [0.3, 0.4) is 0 Å². The molecule has 1 aromatic rings. The zero-order valence-electron chi connectivity index (χ0n) is 13.6. The van der Waals surface area contributed by atoms with Gasteiger partial charge < -0.3 is 14.4 Å². The van der Waals surface area contributed by atoms with Gasteiger partial charge in [0.05, 0.1) is 26.0 Å². The van der Waals surface area contributed by atoms with Crippen molar-refractivity contribution in [1.82, 2.24) is 19.8 Å². The lowest BCUT2D eigenvalue weighted by Gasteiger charge is -2.51. The second-order valence-corrected chi connectivity index (χ2v) is 6.14. The van der Waals surface area contributed by atoms with E-state index in [1.807, 2.05) is 4.90 Å². The Hall–Kier alpha value is -1.57. The molecule has 0 bridgehead atoms. The van der Waals surface area contributed by atoms with Crippen molar-refractivity contribution in [2.45, 2.75) is 18.4 Å². The van der Waals surface area contributed by atoms with Crippen LogP contribution in [0.25, 0.3) is 0 Å². The quantitative estimate of drug-likeness (QED) is 0.801. The molecule has 2 fully saturated rings. The maximum absolute atomic E-state index is 12.5. The number of piperidine rings is 1. The van der Waals surface area contributed by atoms with Crippen molar-refractivity contribution in [2.75, 3.05) is 53.1 Å². The maximum Gasteiger partial charge on any atom is 0.274 e. The van der Waals surface area contributed by atoms with E-state index in [-0.39, 0.29) is 11.4 Å². The molecule has 126 valence electrons. The number of methoxy groups -OCH3 is 1. The molecule has 0 unspecified atom stereocenters. The van der Waals surface area contributed by atoms with Crippen LogP contribution in [0.15, 0.2) is 18.6 Å². The van der Waals surface area contributed by atoms with Gasteiger partial charge in [0.1, 0.15) is 5.69 Å². The minimum Gasteiger partial charge on any atom is -0.383 e. The highest BCUT2D eigenvalue weighted by atomic mass is 16.5. The first-order chi connectivity index (χ1) is 11.2. The molecule has 0 radical (unpaired) electrons. The summed E-state index contributed by atoms with van der Waals surface area (Å²) in [5, 5.41) is 0. The lowest BCUT2D eigenvalue weighted by Crippen LogP contribution is -2.62. The predicted molar refractivity (Wildman–Crippen MR) is 84.2 cm³/mol. The minimum absolute atomic E-state index is 0.0341. The summed E-state index contributed by atoms with van der Waals surface area (Å²) >= 11 is 0. The number of likely N-dealkylation sites (tertiary alicyclic amines) is 1. The second kappa shape index (κ2) is 7.33. The SMILES string of the molecule is COCCN1CCOCC12CCN(C(=O)c1cnccn1)CC2. The van der Waals surface area contributed by atoms with E-state index in [1.165, 1.54) is 6.20 Å². The summed E-state index contributed by atoms with van der Waals surface area (Å²) in [5.41, 5.74) is 0.454.